The molecule has 3 heterocycles. The lowest BCUT2D eigenvalue weighted by atomic mass is 9.74. The van der Waals surface area contributed by atoms with Crippen LogP contribution in [0.2, 0.25) is 0 Å². The molecule has 0 unspecified atom stereocenters. The van der Waals surface area contributed by atoms with Crippen LogP contribution in [-0.2, 0) is 24.3 Å². The van der Waals surface area contributed by atoms with Crippen molar-refractivity contribution in [2.45, 2.75) is 63.7 Å². The molecule has 0 aromatic heterocycles. The van der Waals surface area contributed by atoms with Crippen LogP contribution in [0, 0.1) is 29.0 Å². The molecule has 0 radical (unpaired) electrons. The zero-order chi connectivity index (χ0) is 22.2. The second kappa shape index (κ2) is 8.77. The van der Waals surface area contributed by atoms with Gasteiger partial charge in [0, 0.05) is 25.6 Å². The Kier molecular flexibility index (Phi) is 5.84. The predicted molar refractivity (Wildman–Crippen MR) is 122 cm³/mol. The van der Waals surface area contributed by atoms with Gasteiger partial charge in [0.1, 0.15) is 5.82 Å². The highest BCUT2D eigenvalue weighted by Gasteiger charge is 2.39. The van der Waals surface area contributed by atoms with E-state index in [-0.39, 0.29) is 30.5 Å². The van der Waals surface area contributed by atoms with Crippen molar-refractivity contribution < 1.29 is 9.18 Å². The molecule has 2 aromatic rings. The summed E-state index contributed by atoms with van der Waals surface area (Å²) in [7, 11) is 2.10. The van der Waals surface area contributed by atoms with E-state index in [1.54, 1.807) is 12.1 Å². The van der Waals surface area contributed by atoms with Gasteiger partial charge in [-0.2, -0.15) is 5.26 Å². The van der Waals surface area contributed by atoms with Gasteiger partial charge in [-0.1, -0.05) is 24.3 Å². The van der Waals surface area contributed by atoms with Gasteiger partial charge in [-0.05, 0) is 85.0 Å². The molecule has 1 saturated carbocycles. The van der Waals surface area contributed by atoms with Gasteiger partial charge in [0.05, 0.1) is 18.0 Å². The Hall–Kier alpha value is -2.55. The first-order valence-corrected chi connectivity index (χ1v) is 11.8. The molecule has 32 heavy (non-hydrogen) atoms. The molecule has 166 valence electrons. The van der Waals surface area contributed by atoms with Crippen LogP contribution in [0.4, 0.5) is 4.39 Å². The number of ketones is 1. The van der Waals surface area contributed by atoms with Crippen LogP contribution in [0.1, 0.15) is 48.8 Å². The Balaban J connectivity index is 1.26. The molecule has 0 spiro atoms. The van der Waals surface area contributed by atoms with Crippen molar-refractivity contribution >= 4 is 5.78 Å². The standard InChI is InChI=1S/C27H30FN3O/c1-31-15-22-5-3-19(12-23(22)16-31)20-2-4-21(25(28)13-20)10-17(14-29)11-26(32)27-18-6-8-24(30-27)9-7-18/h2-5,12-13,17-18,24,27,30H,6-11,15-16H2,1H3/t17-,18?,24?,27+/m1/s1. The first-order chi connectivity index (χ1) is 15.5. The molecule has 2 atom stereocenters. The molecule has 3 fully saturated rings. The molecular weight excluding hydrogens is 401 g/mol. The molecule has 1 aliphatic carbocycles. The van der Waals surface area contributed by atoms with E-state index in [2.05, 4.69) is 35.5 Å². The maximum Gasteiger partial charge on any atom is 0.151 e. The zero-order valence-electron chi connectivity index (χ0n) is 18.6. The Labute approximate surface area is 189 Å². The number of rotatable bonds is 6. The third-order valence-electron chi connectivity index (χ3n) is 7.58. The lowest BCUT2D eigenvalue weighted by Gasteiger charge is -2.43. The first-order valence-electron chi connectivity index (χ1n) is 11.8. The summed E-state index contributed by atoms with van der Waals surface area (Å²) in [4.78, 5) is 15.1. The molecule has 6 rings (SSSR count). The minimum atomic E-state index is -0.499. The Morgan fingerprint density at radius 3 is 2.53 bits per heavy atom. The summed E-state index contributed by atoms with van der Waals surface area (Å²) in [6.45, 7) is 1.87. The quantitative estimate of drug-likeness (QED) is 0.726. The number of piperidine rings is 2. The second-order valence-corrected chi connectivity index (χ2v) is 9.92. The van der Waals surface area contributed by atoms with Gasteiger partial charge < -0.3 is 5.32 Å². The molecule has 3 aliphatic heterocycles. The van der Waals surface area contributed by atoms with Crippen LogP contribution in [0.5, 0.6) is 0 Å². The van der Waals surface area contributed by atoms with E-state index in [0.29, 0.717) is 17.5 Å². The van der Waals surface area contributed by atoms with Crippen LogP contribution in [0.25, 0.3) is 11.1 Å². The molecule has 1 N–H and O–H groups in total. The number of nitrogens with one attached hydrogen (secondary N) is 1. The largest absolute Gasteiger partial charge is 0.304 e. The van der Waals surface area contributed by atoms with Gasteiger partial charge in [0.2, 0.25) is 0 Å². The van der Waals surface area contributed by atoms with Crippen LogP contribution in [-0.4, -0.2) is 29.8 Å². The molecular formula is C27H30FN3O. The number of fused-ring (bicyclic) bond motifs is 4. The first kappa shape index (κ1) is 21.3. The third-order valence-corrected chi connectivity index (χ3v) is 7.58. The zero-order valence-corrected chi connectivity index (χ0v) is 18.6. The van der Waals surface area contributed by atoms with Gasteiger partial charge in [-0.3, -0.25) is 9.69 Å². The summed E-state index contributed by atoms with van der Waals surface area (Å²) in [5.74, 6) is -0.288. The smallest absolute Gasteiger partial charge is 0.151 e. The lowest BCUT2D eigenvalue weighted by Crippen LogP contribution is -2.56. The van der Waals surface area contributed by atoms with E-state index >= 15 is 0 Å². The van der Waals surface area contributed by atoms with Gasteiger partial charge >= 0.3 is 0 Å². The number of Topliss-reactive ketones (excluding diaryl/α,β-unsaturated/α-hetero) is 1. The highest BCUT2D eigenvalue weighted by molar-refractivity contribution is 5.85. The van der Waals surface area contributed by atoms with Crippen molar-refractivity contribution in [2.24, 2.45) is 11.8 Å². The van der Waals surface area contributed by atoms with Crippen molar-refractivity contribution in [2.75, 3.05) is 7.05 Å². The second-order valence-electron chi connectivity index (χ2n) is 9.92. The average molecular weight is 432 g/mol. The monoisotopic (exact) mass is 431 g/mol. The number of carbonyl (C=O) groups excluding carboxylic acids is 1. The Bertz CT molecular complexity index is 1070. The van der Waals surface area contributed by atoms with E-state index in [1.165, 1.54) is 11.1 Å². The van der Waals surface area contributed by atoms with Gasteiger partial charge in [-0.25, -0.2) is 4.39 Å². The molecule has 5 heteroatoms. The molecule has 0 amide bonds. The number of hydrogen-bond acceptors (Lipinski definition) is 4. The summed E-state index contributed by atoms with van der Waals surface area (Å²) in [6.07, 6.45) is 4.95. The highest BCUT2D eigenvalue weighted by atomic mass is 19.1. The Morgan fingerprint density at radius 2 is 1.84 bits per heavy atom. The topological polar surface area (TPSA) is 56.1 Å². The summed E-state index contributed by atoms with van der Waals surface area (Å²) in [5, 5.41) is 13.1. The number of halogens is 1. The maximum absolute atomic E-state index is 15.0. The summed E-state index contributed by atoms with van der Waals surface area (Å²) < 4.78 is 15.0. The fourth-order valence-electron chi connectivity index (χ4n) is 5.80. The lowest BCUT2D eigenvalue weighted by molar-refractivity contribution is -0.125. The van der Waals surface area contributed by atoms with Crippen molar-refractivity contribution in [3.8, 4) is 17.2 Å². The van der Waals surface area contributed by atoms with Crippen LogP contribution < -0.4 is 5.32 Å². The van der Waals surface area contributed by atoms with Crippen LogP contribution in [0.3, 0.4) is 0 Å². The van der Waals surface area contributed by atoms with Crippen molar-refractivity contribution in [3.63, 3.8) is 0 Å². The number of hydrogen-bond donors (Lipinski definition) is 1. The van der Waals surface area contributed by atoms with Gasteiger partial charge in [-0.15, -0.1) is 0 Å². The van der Waals surface area contributed by atoms with Crippen LogP contribution in [0.15, 0.2) is 36.4 Å². The van der Waals surface area contributed by atoms with Gasteiger partial charge in [0.25, 0.3) is 0 Å². The molecule has 4 nitrogen and oxygen atoms in total. The summed E-state index contributed by atoms with van der Waals surface area (Å²) in [5.41, 5.74) is 4.98. The van der Waals surface area contributed by atoms with E-state index < -0.39 is 5.92 Å². The van der Waals surface area contributed by atoms with Gasteiger partial charge in [0.15, 0.2) is 5.78 Å². The number of carbonyl (C=O) groups is 1. The third kappa shape index (κ3) is 4.22. The summed E-state index contributed by atoms with van der Waals surface area (Å²) >= 11 is 0. The van der Waals surface area contributed by atoms with E-state index in [4.69, 9.17) is 0 Å². The minimum absolute atomic E-state index is 0.117. The SMILES string of the molecule is CN1Cc2ccc(-c3ccc(C[C@@H](C#N)CC(=O)[C@H]4NC5CCC4CC5)c(F)c3)cc2C1. The van der Waals surface area contributed by atoms with Crippen LogP contribution >= 0.6 is 0 Å². The fraction of sp³-hybridized carbons (Fsp3) is 0.481. The number of nitriles is 1. The number of benzene rings is 2. The molecule has 2 bridgehead atoms. The summed E-state index contributed by atoms with van der Waals surface area (Å²) in [6, 6.07) is 14.2. The fourth-order valence-corrected chi connectivity index (χ4v) is 5.80. The van der Waals surface area contributed by atoms with Crippen molar-refractivity contribution in [1.29, 1.82) is 5.26 Å². The predicted octanol–water partition coefficient (Wildman–Crippen LogP) is 4.61. The van der Waals surface area contributed by atoms with E-state index in [9.17, 15) is 14.4 Å². The molecule has 2 aromatic carbocycles. The molecule has 2 saturated heterocycles. The average Bonchev–Trinajstić information content (AvgIpc) is 3.19. The number of nitrogens with zero attached hydrogens (tertiary/aromatic N) is 2. The van der Waals surface area contributed by atoms with Crippen molar-refractivity contribution in [3.05, 3.63) is 58.9 Å². The Morgan fingerprint density at radius 1 is 1.12 bits per heavy atom. The maximum atomic E-state index is 15.0. The van der Waals surface area contributed by atoms with E-state index in [1.807, 2.05) is 12.1 Å². The molecule has 4 aliphatic rings. The highest BCUT2D eigenvalue weighted by Crippen LogP contribution is 2.34. The normalized spacial score (nSPS) is 25.3. The minimum Gasteiger partial charge on any atom is -0.304 e. The van der Waals surface area contributed by atoms with Crippen molar-refractivity contribution in [1.82, 2.24) is 10.2 Å². The van der Waals surface area contributed by atoms with E-state index in [0.717, 1.165) is 49.9 Å².